The third kappa shape index (κ3) is 2.10. The van der Waals surface area contributed by atoms with Gasteiger partial charge in [0.2, 0.25) is 0 Å². The molecule has 0 N–H and O–H groups in total. The Labute approximate surface area is 87.7 Å². The summed E-state index contributed by atoms with van der Waals surface area (Å²) >= 11 is 3.69. The first kappa shape index (κ1) is 9.59. The van der Waals surface area contributed by atoms with E-state index in [9.17, 15) is 0 Å². The van der Waals surface area contributed by atoms with Gasteiger partial charge in [0.1, 0.15) is 6.04 Å². The Morgan fingerprint density at radius 3 is 2.85 bits per heavy atom. The quantitative estimate of drug-likeness (QED) is 0.704. The van der Waals surface area contributed by atoms with Crippen molar-refractivity contribution in [2.45, 2.75) is 25.9 Å². The zero-order chi connectivity index (χ0) is 9.26. The molecular weight excluding hydrogens is 200 g/mol. The molecule has 0 aromatic carbocycles. The van der Waals surface area contributed by atoms with E-state index in [1.165, 1.54) is 5.04 Å². The van der Waals surface area contributed by atoms with Crippen LogP contribution in [-0.4, -0.2) is 34.2 Å². The van der Waals surface area contributed by atoms with Crippen molar-refractivity contribution >= 4 is 34.1 Å². The minimum atomic E-state index is 0.374. The van der Waals surface area contributed by atoms with Gasteiger partial charge in [0.25, 0.3) is 0 Å². The Kier molecular flexibility index (Phi) is 2.99. The Morgan fingerprint density at radius 2 is 2.31 bits per heavy atom. The highest BCUT2D eigenvalue weighted by atomic mass is 32.2. The lowest BCUT2D eigenvalue weighted by molar-refractivity contribution is 0.542. The van der Waals surface area contributed by atoms with E-state index in [1.807, 2.05) is 17.3 Å². The molecule has 2 unspecified atom stereocenters. The summed E-state index contributed by atoms with van der Waals surface area (Å²) in [5, 5.41) is 1.26. The summed E-state index contributed by atoms with van der Waals surface area (Å²) < 4.78 is 0. The zero-order valence-corrected chi connectivity index (χ0v) is 9.57. The van der Waals surface area contributed by atoms with Crippen molar-refractivity contribution in [2.24, 2.45) is 15.9 Å². The molecule has 0 amide bonds. The summed E-state index contributed by atoms with van der Waals surface area (Å²) in [4.78, 5) is 9.12. The fraction of sp³-hybridized carbons (Fsp3) is 0.778. The van der Waals surface area contributed by atoms with Crippen molar-refractivity contribution in [2.75, 3.05) is 11.5 Å². The summed E-state index contributed by atoms with van der Waals surface area (Å²) in [7, 11) is 0. The molecule has 0 saturated carbocycles. The average molecular weight is 214 g/mol. The first-order valence-electron chi connectivity index (χ1n) is 4.61. The number of rotatable bonds is 2. The highest BCUT2D eigenvalue weighted by Crippen LogP contribution is 2.28. The second kappa shape index (κ2) is 4.05. The molecule has 2 heterocycles. The number of hydrogen-bond acceptors (Lipinski definition) is 4. The summed E-state index contributed by atoms with van der Waals surface area (Å²) in [5.74, 6) is 2.92. The van der Waals surface area contributed by atoms with E-state index in [0.29, 0.717) is 18.0 Å². The minimum Gasteiger partial charge on any atom is -0.276 e. The molecule has 0 aliphatic carbocycles. The van der Waals surface area contributed by atoms with E-state index in [2.05, 4.69) is 18.8 Å². The Hall–Kier alpha value is 0.0400. The molecule has 0 spiro atoms. The largest absolute Gasteiger partial charge is 0.276 e. The minimum absolute atomic E-state index is 0.374. The molecule has 0 fully saturated rings. The summed E-state index contributed by atoms with van der Waals surface area (Å²) in [5.41, 5.74) is 1.95. The van der Waals surface area contributed by atoms with Crippen molar-refractivity contribution in [3.05, 3.63) is 0 Å². The van der Waals surface area contributed by atoms with E-state index < -0.39 is 0 Å². The third-order valence-corrected chi connectivity index (χ3v) is 4.28. The molecule has 2 nitrogen and oxygen atoms in total. The first-order chi connectivity index (χ1) is 6.27. The van der Waals surface area contributed by atoms with Gasteiger partial charge in [-0.2, -0.15) is 0 Å². The van der Waals surface area contributed by atoms with Gasteiger partial charge < -0.3 is 0 Å². The van der Waals surface area contributed by atoms with E-state index in [4.69, 9.17) is 4.99 Å². The second-order valence-corrected chi connectivity index (χ2v) is 5.61. The van der Waals surface area contributed by atoms with Gasteiger partial charge in [0, 0.05) is 11.5 Å². The van der Waals surface area contributed by atoms with E-state index >= 15 is 0 Å². The first-order valence-corrected chi connectivity index (χ1v) is 6.64. The van der Waals surface area contributed by atoms with Crippen LogP contribution in [-0.2, 0) is 0 Å². The van der Waals surface area contributed by atoms with Gasteiger partial charge in [-0.25, -0.2) is 0 Å². The van der Waals surface area contributed by atoms with Crippen LogP contribution in [0.5, 0.6) is 0 Å². The smallest absolute Gasteiger partial charge is 0.108 e. The normalized spacial score (nSPS) is 33.0. The van der Waals surface area contributed by atoms with Gasteiger partial charge in [-0.3, -0.25) is 9.98 Å². The van der Waals surface area contributed by atoms with Crippen molar-refractivity contribution < 1.29 is 0 Å². The fourth-order valence-electron chi connectivity index (χ4n) is 1.36. The van der Waals surface area contributed by atoms with Gasteiger partial charge in [-0.05, 0) is 5.92 Å². The fourth-order valence-corrected chi connectivity index (χ4v) is 3.56. The molecule has 0 aromatic heterocycles. The van der Waals surface area contributed by atoms with Crippen LogP contribution in [0.3, 0.4) is 0 Å². The standard InChI is InChI=1S/C9H14N2S2/c1-6(2)7-4-13-9(11-7)8-3-12-5-10-8/h5-8H,3-4H2,1-2H3. The number of hydrogen-bond donors (Lipinski definition) is 0. The van der Waals surface area contributed by atoms with Crippen molar-refractivity contribution in [3.8, 4) is 0 Å². The topological polar surface area (TPSA) is 24.7 Å². The molecule has 2 rings (SSSR count). The zero-order valence-electron chi connectivity index (χ0n) is 7.93. The SMILES string of the molecule is CC(C)C1CSC(C2CSC=N2)=N1. The van der Waals surface area contributed by atoms with E-state index in [-0.39, 0.29) is 0 Å². The maximum Gasteiger partial charge on any atom is 0.108 e. The molecular formula is C9H14N2S2. The third-order valence-electron chi connectivity index (χ3n) is 2.32. The van der Waals surface area contributed by atoms with Crippen LogP contribution in [0.4, 0.5) is 0 Å². The second-order valence-electron chi connectivity index (χ2n) is 3.69. The van der Waals surface area contributed by atoms with Crippen molar-refractivity contribution in [3.63, 3.8) is 0 Å². The van der Waals surface area contributed by atoms with Gasteiger partial charge in [0.15, 0.2) is 0 Å². The average Bonchev–Trinajstić information content (AvgIpc) is 2.75. The highest BCUT2D eigenvalue weighted by Gasteiger charge is 2.27. The lowest BCUT2D eigenvalue weighted by Crippen LogP contribution is -2.14. The Balaban J connectivity index is 2.01. The van der Waals surface area contributed by atoms with E-state index in [0.717, 1.165) is 11.5 Å². The monoisotopic (exact) mass is 214 g/mol. The van der Waals surface area contributed by atoms with Crippen LogP contribution < -0.4 is 0 Å². The molecule has 2 aliphatic rings. The Morgan fingerprint density at radius 1 is 1.46 bits per heavy atom. The van der Waals surface area contributed by atoms with Gasteiger partial charge in [-0.1, -0.05) is 13.8 Å². The molecule has 72 valence electrons. The van der Waals surface area contributed by atoms with Crippen LogP contribution in [0.1, 0.15) is 13.8 Å². The molecule has 2 atom stereocenters. The summed E-state index contributed by atoms with van der Waals surface area (Å²) in [6.07, 6.45) is 0. The Bertz CT molecular complexity index is 248. The maximum absolute atomic E-state index is 4.72. The molecule has 0 saturated heterocycles. The molecule has 0 aromatic rings. The van der Waals surface area contributed by atoms with Crippen molar-refractivity contribution in [1.29, 1.82) is 0 Å². The lowest BCUT2D eigenvalue weighted by atomic mass is 10.1. The van der Waals surface area contributed by atoms with Gasteiger partial charge >= 0.3 is 0 Å². The van der Waals surface area contributed by atoms with Gasteiger partial charge in [0.05, 0.1) is 16.6 Å². The van der Waals surface area contributed by atoms with Gasteiger partial charge in [-0.15, -0.1) is 23.5 Å². The summed E-state index contributed by atoms with van der Waals surface area (Å²) in [6.45, 7) is 4.48. The predicted molar refractivity (Wildman–Crippen MR) is 63.3 cm³/mol. The van der Waals surface area contributed by atoms with Crippen LogP contribution >= 0.6 is 23.5 Å². The molecule has 4 heteroatoms. The molecule has 0 bridgehead atoms. The summed E-state index contributed by atoms with van der Waals surface area (Å²) in [6, 6.07) is 0.902. The lowest BCUT2D eigenvalue weighted by Gasteiger charge is -2.08. The number of thioether (sulfide) groups is 2. The van der Waals surface area contributed by atoms with Crippen LogP contribution in [0.2, 0.25) is 0 Å². The number of aliphatic imine (C=N–C) groups is 2. The predicted octanol–water partition coefficient (Wildman–Crippen LogP) is 2.30. The number of nitrogens with zero attached hydrogens (tertiary/aromatic N) is 2. The van der Waals surface area contributed by atoms with Crippen LogP contribution in [0.15, 0.2) is 9.98 Å². The molecule has 13 heavy (non-hydrogen) atoms. The molecule has 0 radical (unpaired) electrons. The van der Waals surface area contributed by atoms with Crippen LogP contribution in [0.25, 0.3) is 0 Å². The van der Waals surface area contributed by atoms with Crippen LogP contribution in [0, 0.1) is 5.92 Å². The van der Waals surface area contributed by atoms with Crippen molar-refractivity contribution in [1.82, 2.24) is 0 Å². The molecule has 2 aliphatic heterocycles. The van der Waals surface area contributed by atoms with E-state index in [1.54, 1.807) is 11.8 Å². The maximum atomic E-state index is 4.72. The highest BCUT2D eigenvalue weighted by molar-refractivity contribution is 8.15.